The Balaban J connectivity index is 1.53. The highest BCUT2D eigenvalue weighted by Crippen LogP contribution is 2.32. The molecule has 1 aliphatic rings. The zero-order chi connectivity index (χ0) is 32.7. The lowest BCUT2D eigenvalue weighted by atomic mass is 9.80. The van der Waals surface area contributed by atoms with Crippen LogP contribution in [0.4, 0.5) is 10.5 Å². The highest BCUT2D eigenvalue weighted by molar-refractivity contribution is 6.04. The minimum absolute atomic E-state index is 0.0552. The number of imidazole rings is 1. The van der Waals surface area contributed by atoms with E-state index < -0.39 is 29.8 Å². The van der Waals surface area contributed by atoms with Crippen LogP contribution >= 0.6 is 0 Å². The number of benzene rings is 2. The van der Waals surface area contributed by atoms with E-state index in [1.54, 1.807) is 26.1 Å². The fraction of sp³-hybridized carbons (Fsp3) is 0.438. The second-order valence-electron chi connectivity index (χ2n) is 11.3. The molecule has 2 heterocycles. The summed E-state index contributed by atoms with van der Waals surface area (Å²) in [5.41, 5.74) is 2.61. The number of anilines is 1. The van der Waals surface area contributed by atoms with Crippen molar-refractivity contribution in [3.63, 3.8) is 0 Å². The monoisotopic (exact) mass is 619 g/mol. The number of rotatable bonds is 11. The first-order chi connectivity index (χ1) is 21.5. The highest BCUT2D eigenvalue weighted by Gasteiger charge is 2.41. The number of hydrogen-bond acceptors (Lipinski definition) is 9. The number of carbonyl (C=O) groups is 4. The predicted molar refractivity (Wildman–Crippen MR) is 169 cm³/mol. The Morgan fingerprint density at radius 3 is 2.42 bits per heavy atom. The van der Waals surface area contributed by atoms with Gasteiger partial charge in [-0.05, 0) is 68.7 Å². The number of nitrogens with one attached hydrogen (secondary N) is 3. The van der Waals surface area contributed by atoms with E-state index in [4.69, 9.17) is 15.1 Å². The van der Waals surface area contributed by atoms with Gasteiger partial charge in [0, 0.05) is 45.0 Å². The summed E-state index contributed by atoms with van der Waals surface area (Å²) in [6.45, 7) is 5.59. The number of likely N-dealkylation sites (N-methyl/N-ethyl adjacent to an activating group) is 1. The second-order valence-corrected chi connectivity index (χ2v) is 11.3. The quantitative estimate of drug-likeness (QED) is 0.128. The number of aryl methyl sites for hydroxylation is 1. The molecular weight excluding hydrogens is 578 g/mol. The van der Waals surface area contributed by atoms with Crippen molar-refractivity contribution in [3.05, 3.63) is 59.4 Å². The highest BCUT2D eigenvalue weighted by atomic mass is 16.5. The van der Waals surface area contributed by atoms with Gasteiger partial charge in [0.25, 0.3) is 0 Å². The Hall–Kier alpha value is -4.94. The molecule has 1 fully saturated rings. The lowest BCUT2D eigenvalue weighted by Gasteiger charge is -2.36. The van der Waals surface area contributed by atoms with E-state index >= 15 is 0 Å². The summed E-state index contributed by atoms with van der Waals surface area (Å²) in [4.78, 5) is 58.2. The van der Waals surface area contributed by atoms with Gasteiger partial charge in [0.1, 0.15) is 18.1 Å². The first-order valence-corrected chi connectivity index (χ1v) is 14.9. The van der Waals surface area contributed by atoms with Crippen LogP contribution in [-0.4, -0.2) is 89.5 Å². The third kappa shape index (κ3) is 7.59. The Morgan fingerprint density at radius 1 is 1.09 bits per heavy atom. The zero-order valence-electron chi connectivity index (χ0n) is 26.4. The standard InChI is InChI=1S/C32H41N7O6/c1-6-45-31(43)36-29(33)21-9-12-23(13-10-21)34-19-26-35-24-17-22(11-14-25(24)38(26)4)32(2,30(42)39-15-7-8-16-39)20-37(3)27(40)18-28(41)44-5/h9-14,17,34H,6-8,15-16,18-20H2,1-5H3,(H2,33,36,43). The van der Waals surface area contributed by atoms with Crippen molar-refractivity contribution >= 4 is 46.4 Å². The van der Waals surface area contributed by atoms with Crippen LogP contribution in [0.1, 0.15) is 50.1 Å². The lowest BCUT2D eigenvalue weighted by Crippen LogP contribution is -2.51. The first kappa shape index (κ1) is 33.0. The first-order valence-electron chi connectivity index (χ1n) is 14.9. The molecule has 1 aromatic heterocycles. The van der Waals surface area contributed by atoms with E-state index in [9.17, 15) is 19.2 Å². The number of alkyl carbamates (subject to hydrolysis) is 1. The minimum Gasteiger partial charge on any atom is -0.469 e. The molecule has 3 amide bonds. The zero-order valence-corrected chi connectivity index (χ0v) is 26.4. The van der Waals surface area contributed by atoms with Crippen molar-refractivity contribution < 1.29 is 28.7 Å². The molecule has 3 N–H and O–H groups in total. The van der Waals surface area contributed by atoms with Crippen molar-refractivity contribution in [1.82, 2.24) is 24.7 Å². The Labute approximate surface area is 262 Å². The fourth-order valence-corrected chi connectivity index (χ4v) is 5.47. The molecular formula is C32H41N7O6. The molecule has 13 heteroatoms. The fourth-order valence-electron chi connectivity index (χ4n) is 5.47. The number of likely N-dealkylation sites (tertiary alicyclic amines) is 1. The topological polar surface area (TPSA) is 159 Å². The van der Waals surface area contributed by atoms with E-state index in [0.717, 1.165) is 35.4 Å². The smallest absolute Gasteiger partial charge is 0.412 e. The number of esters is 1. The molecule has 45 heavy (non-hydrogen) atoms. The predicted octanol–water partition coefficient (Wildman–Crippen LogP) is 3.16. The minimum atomic E-state index is -1.06. The van der Waals surface area contributed by atoms with Crippen LogP contribution < -0.4 is 10.6 Å². The van der Waals surface area contributed by atoms with Crippen molar-refractivity contribution in [3.8, 4) is 0 Å². The normalized spacial score (nSPS) is 14.0. The maximum Gasteiger partial charge on any atom is 0.412 e. The number of aromatic nitrogens is 2. The average molecular weight is 620 g/mol. The number of methoxy groups -OCH3 is 1. The summed E-state index contributed by atoms with van der Waals surface area (Å²) < 4.78 is 11.5. The summed E-state index contributed by atoms with van der Waals surface area (Å²) in [5, 5.41) is 13.8. The van der Waals surface area contributed by atoms with E-state index in [-0.39, 0.29) is 24.9 Å². The van der Waals surface area contributed by atoms with Crippen molar-refractivity contribution in [2.75, 3.05) is 45.7 Å². The van der Waals surface area contributed by atoms with Crippen LogP contribution in [-0.2, 0) is 42.9 Å². The second kappa shape index (κ2) is 14.2. The average Bonchev–Trinajstić information content (AvgIpc) is 3.67. The maximum atomic E-state index is 13.9. The number of nitrogens with zero attached hydrogens (tertiary/aromatic N) is 4. The molecule has 13 nitrogen and oxygen atoms in total. The molecule has 1 saturated heterocycles. The van der Waals surface area contributed by atoms with Gasteiger partial charge in [-0.2, -0.15) is 0 Å². The molecule has 0 saturated carbocycles. The number of amidine groups is 1. The molecule has 0 radical (unpaired) electrons. The summed E-state index contributed by atoms with van der Waals surface area (Å²) >= 11 is 0. The molecule has 240 valence electrons. The van der Waals surface area contributed by atoms with Gasteiger partial charge in [-0.3, -0.25) is 25.1 Å². The Morgan fingerprint density at radius 2 is 1.78 bits per heavy atom. The van der Waals surface area contributed by atoms with Crippen LogP contribution in [0.3, 0.4) is 0 Å². The van der Waals surface area contributed by atoms with E-state index in [0.29, 0.717) is 30.7 Å². The van der Waals surface area contributed by atoms with Gasteiger partial charge < -0.3 is 29.2 Å². The molecule has 1 atom stereocenters. The molecule has 4 rings (SSSR count). The van der Waals surface area contributed by atoms with Crippen LogP contribution in [0.5, 0.6) is 0 Å². The molecule has 0 bridgehead atoms. The van der Waals surface area contributed by atoms with Gasteiger partial charge in [0.2, 0.25) is 11.8 Å². The number of amides is 3. The third-order valence-electron chi connectivity index (χ3n) is 8.10. The molecule has 1 unspecified atom stereocenters. The van der Waals surface area contributed by atoms with Crippen molar-refractivity contribution in [1.29, 1.82) is 5.41 Å². The summed E-state index contributed by atoms with van der Waals surface area (Å²) in [6.07, 6.45) is 0.801. The Kier molecular flexibility index (Phi) is 10.4. The van der Waals surface area contributed by atoms with Gasteiger partial charge >= 0.3 is 12.1 Å². The van der Waals surface area contributed by atoms with Gasteiger partial charge in [0.05, 0.1) is 36.7 Å². The van der Waals surface area contributed by atoms with Crippen LogP contribution in [0, 0.1) is 5.41 Å². The summed E-state index contributed by atoms with van der Waals surface area (Å²) in [5.74, 6) is -0.406. The van der Waals surface area contributed by atoms with Crippen LogP contribution in [0.25, 0.3) is 11.0 Å². The van der Waals surface area contributed by atoms with E-state index in [1.807, 2.05) is 53.8 Å². The van der Waals surface area contributed by atoms with Crippen LogP contribution in [0.2, 0.25) is 0 Å². The van der Waals surface area contributed by atoms with Crippen molar-refractivity contribution in [2.45, 2.75) is 45.1 Å². The number of carbonyl (C=O) groups excluding carboxylic acids is 4. The number of fused-ring (bicyclic) bond motifs is 1. The maximum absolute atomic E-state index is 13.9. The van der Waals surface area contributed by atoms with E-state index in [1.165, 1.54) is 12.0 Å². The summed E-state index contributed by atoms with van der Waals surface area (Å²) in [6, 6.07) is 12.8. The van der Waals surface area contributed by atoms with Gasteiger partial charge in [-0.15, -0.1) is 0 Å². The van der Waals surface area contributed by atoms with Crippen molar-refractivity contribution in [2.24, 2.45) is 7.05 Å². The summed E-state index contributed by atoms with van der Waals surface area (Å²) in [7, 11) is 4.75. The molecule has 1 aliphatic heterocycles. The number of ether oxygens (including phenoxy) is 2. The molecule has 3 aromatic rings. The van der Waals surface area contributed by atoms with E-state index in [2.05, 4.69) is 15.4 Å². The van der Waals surface area contributed by atoms with Gasteiger partial charge in [0.15, 0.2) is 0 Å². The Bertz CT molecular complexity index is 1580. The SMILES string of the molecule is CCOC(=O)NC(=N)c1ccc(NCc2nc3cc(C(C)(CN(C)C(=O)CC(=O)OC)C(=O)N4CCCC4)ccc3n2C)cc1. The third-order valence-corrected chi connectivity index (χ3v) is 8.10. The molecule has 2 aromatic carbocycles. The van der Waals surface area contributed by atoms with Crippen LogP contribution in [0.15, 0.2) is 42.5 Å². The molecule has 0 aliphatic carbocycles. The van der Waals surface area contributed by atoms with Gasteiger partial charge in [-0.25, -0.2) is 9.78 Å². The lowest BCUT2D eigenvalue weighted by molar-refractivity contribution is -0.147. The number of hydrogen-bond donors (Lipinski definition) is 3. The largest absolute Gasteiger partial charge is 0.469 e. The molecule has 0 spiro atoms. The van der Waals surface area contributed by atoms with Gasteiger partial charge in [-0.1, -0.05) is 6.07 Å².